The predicted molar refractivity (Wildman–Crippen MR) is 204 cm³/mol. The number of fused-ring (bicyclic) bond motifs is 6. The van der Waals surface area contributed by atoms with Gasteiger partial charge in [0.25, 0.3) is 5.91 Å². The molecule has 0 unspecified atom stereocenters. The number of Topliss-reactive ketones (excluding diaryl/α,β-unsaturated/α-hetero) is 2. The summed E-state index contributed by atoms with van der Waals surface area (Å²) in [6.07, 6.45) is -0.343. The maximum absolute atomic E-state index is 14.9. The van der Waals surface area contributed by atoms with Gasteiger partial charge >= 0.3 is 5.97 Å². The zero-order valence-electron chi connectivity index (χ0n) is 32.9. The molecule has 0 radical (unpaired) electrons. The van der Waals surface area contributed by atoms with Crippen molar-refractivity contribution in [3.63, 3.8) is 0 Å². The molecule has 0 bridgehead atoms. The Hall–Kier alpha value is -6.02. The SMILES string of the molecule is CC(=O)COCCOCCNC(=O)CCN(CCC(=O)NCCOCCOCC(C)=O)C(=O)c1ccc2c(c1)C(=O)OC21c2cc(F)c(O)cc2Oc2cc(O)c(F)cc21. The molecule has 0 aliphatic carbocycles. The third-order valence-corrected chi connectivity index (χ3v) is 9.18. The van der Waals surface area contributed by atoms with Crippen molar-refractivity contribution in [3.05, 3.63) is 81.9 Å². The van der Waals surface area contributed by atoms with Gasteiger partial charge in [0.05, 0.1) is 56.3 Å². The van der Waals surface area contributed by atoms with E-state index in [-0.39, 0.29) is 143 Å². The van der Waals surface area contributed by atoms with Gasteiger partial charge in [-0.25, -0.2) is 13.6 Å². The standard InChI is InChI=1S/C41H45F2N3O14/c1-24(47)22-57-15-13-55-11-7-44-37(51)5-9-46(10-6-38(52)45-8-12-56-14-16-58-23-25(2)48)39(53)26-3-4-28-27(17-26)40(54)60-41(28)29-18-31(42)33(49)20-35(29)59-36-21-34(50)32(43)19-30(36)41/h3-4,17-21,49-50H,5-16,22-23H2,1-2H3,(H,44,51)(H,45,52). The van der Waals surface area contributed by atoms with Crippen molar-refractivity contribution in [2.75, 3.05) is 79.0 Å². The monoisotopic (exact) mass is 841 g/mol. The van der Waals surface area contributed by atoms with Crippen LogP contribution in [0, 0.1) is 11.6 Å². The van der Waals surface area contributed by atoms with Crippen molar-refractivity contribution in [3.8, 4) is 23.0 Å². The van der Waals surface area contributed by atoms with Crippen molar-refractivity contribution in [1.29, 1.82) is 0 Å². The summed E-state index contributed by atoms with van der Waals surface area (Å²) >= 11 is 0. The van der Waals surface area contributed by atoms with Crippen molar-refractivity contribution in [1.82, 2.24) is 15.5 Å². The number of aromatic hydroxyl groups is 2. The first-order chi connectivity index (χ1) is 28.7. The Labute approximate surface area is 342 Å². The van der Waals surface area contributed by atoms with E-state index in [0.29, 0.717) is 0 Å². The molecule has 2 aliphatic heterocycles. The number of nitrogens with one attached hydrogen (secondary N) is 2. The number of hydrogen-bond donors (Lipinski definition) is 4. The smallest absolute Gasteiger partial charge is 0.340 e. The van der Waals surface area contributed by atoms with Crippen molar-refractivity contribution in [2.24, 2.45) is 0 Å². The Morgan fingerprint density at radius 3 is 1.65 bits per heavy atom. The fourth-order valence-electron chi connectivity index (χ4n) is 6.41. The van der Waals surface area contributed by atoms with E-state index < -0.39 is 52.4 Å². The van der Waals surface area contributed by atoms with Gasteiger partial charge in [-0.15, -0.1) is 0 Å². The van der Waals surface area contributed by atoms with E-state index >= 15 is 0 Å². The van der Waals surface area contributed by atoms with Gasteiger partial charge in [-0.3, -0.25) is 24.0 Å². The second-order valence-electron chi connectivity index (χ2n) is 13.8. The van der Waals surface area contributed by atoms with Gasteiger partial charge in [-0.2, -0.15) is 0 Å². The van der Waals surface area contributed by atoms with E-state index in [0.717, 1.165) is 24.3 Å². The molecule has 17 nitrogen and oxygen atoms in total. The average molecular weight is 842 g/mol. The molecule has 3 amide bonds. The molecular weight excluding hydrogens is 796 g/mol. The number of phenols is 2. The van der Waals surface area contributed by atoms with E-state index in [9.17, 15) is 47.8 Å². The molecule has 3 aromatic rings. The highest BCUT2D eigenvalue weighted by atomic mass is 19.1. The van der Waals surface area contributed by atoms with Gasteiger partial charge in [0.1, 0.15) is 24.7 Å². The van der Waals surface area contributed by atoms with Crippen molar-refractivity contribution < 1.29 is 76.2 Å². The van der Waals surface area contributed by atoms with Crippen LogP contribution < -0.4 is 15.4 Å². The molecule has 4 N–H and O–H groups in total. The number of amides is 3. The van der Waals surface area contributed by atoms with E-state index in [1.807, 2.05) is 0 Å². The Morgan fingerprint density at radius 1 is 0.683 bits per heavy atom. The Bertz CT molecular complexity index is 2010. The second-order valence-corrected chi connectivity index (χ2v) is 13.8. The van der Waals surface area contributed by atoms with Crippen LogP contribution in [-0.4, -0.2) is 129 Å². The maximum atomic E-state index is 14.9. The zero-order valence-corrected chi connectivity index (χ0v) is 32.9. The normalized spacial score (nSPS) is 13.1. The summed E-state index contributed by atoms with van der Waals surface area (Å²) < 4.78 is 62.4. The largest absolute Gasteiger partial charge is 0.505 e. The highest BCUT2D eigenvalue weighted by molar-refractivity contribution is 6.02. The molecule has 322 valence electrons. The third-order valence-electron chi connectivity index (χ3n) is 9.18. The van der Waals surface area contributed by atoms with Gasteiger partial charge in [0.15, 0.2) is 40.3 Å². The molecular formula is C41H45F2N3O14. The summed E-state index contributed by atoms with van der Waals surface area (Å²) in [4.78, 5) is 76.5. The van der Waals surface area contributed by atoms with Crippen LogP contribution in [0.3, 0.4) is 0 Å². The van der Waals surface area contributed by atoms with Gasteiger partial charge in [0, 0.05) is 62.3 Å². The molecule has 2 aliphatic rings. The van der Waals surface area contributed by atoms with E-state index in [4.69, 9.17) is 28.4 Å². The number of rotatable bonds is 23. The van der Waals surface area contributed by atoms with Gasteiger partial charge in [-0.1, -0.05) is 6.07 Å². The number of ether oxygens (including phenoxy) is 6. The molecule has 0 fully saturated rings. The lowest BCUT2D eigenvalue weighted by Gasteiger charge is -2.36. The molecule has 0 atom stereocenters. The predicted octanol–water partition coefficient (Wildman–Crippen LogP) is 2.64. The molecule has 0 saturated heterocycles. The average Bonchev–Trinajstić information content (AvgIpc) is 3.49. The van der Waals surface area contributed by atoms with E-state index in [1.165, 1.54) is 36.9 Å². The quantitative estimate of drug-likeness (QED) is 0.0796. The number of ketones is 2. The minimum Gasteiger partial charge on any atom is -0.505 e. The van der Waals surface area contributed by atoms with Crippen LogP contribution in [0.1, 0.15) is 64.1 Å². The van der Waals surface area contributed by atoms with Crippen LogP contribution in [0.25, 0.3) is 0 Å². The second kappa shape index (κ2) is 20.8. The Kier molecular flexibility index (Phi) is 15.6. The van der Waals surface area contributed by atoms with Crippen molar-refractivity contribution >= 4 is 35.3 Å². The van der Waals surface area contributed by atoms with Crippen LogP contribution in [0.2, 0.25) is 0 Å². The molecule has 3 aromatic carbocycles. The number of halogens is 2. The third kappa shape index (κ3) is 11.2. The fourth-order valence-corrected chi connectivity index (χ4v) is 6.41. The first-order valence-corrected chi connectivity index (χ1v) is 19.0. The van der Waals surface area contributed by atoms with Crippen LogP contribution in [-0.2, 0) is 48.5 Å². The molecule has 19 heteroatoms. The fraction of sp³-hybridized carbons (Fsp3) is 0.415. The highest BCUT2D eigenvalue weighted by Crippen LogP contribution is 2.57. The number of benzene rings is 3. The number of hydrogen-bond acceptors (Lipinski definition) is 14. The number of carbonyl (C=O) groups is 6. The lowest BCUT2D eigenvalue weighted by molar-refractivity contribution is -0.123. The van der Waals surface area contributed by atoms with Gasteiger partial charge in [0.2, 0.25) is 11.8 Å². The van der Waals surface area contributed by atoms with Crippen LogP contribution in [0.15, 0.2) is 42.5 Å². The molecule has 0 saturated carbocycles. The van der Waals surface area contributed by atoms with Crippen LogP contribution >= 0.6 is 0 Å². The Balaban J connectivity index is 1.30. The van der Waals surface area contributed by atoms with Gasteiger partial charge < -0.3 is 54.2 Å². The summed E-state index contributed by atoms with van der Waals surface area (Å²) in [7, 11) is 0. The zero-order chi connectivity index (χ0) is 43.4. The first-order valence-electron chi connectivity index (χ1n) is 19.0. The summed E-state index contributed by atoms with van der Waals surface area (Å²) in [6, 6.07) is 7.62. The summed E-state index contributed by atoms with van der Waals surface area (Å²) in [5.41, 5.74) is -2.32. The number of nitrogens with zero attached hydrogens (tertiary/aromatic N) is 1. The number of carbonyl (C=O) groups excluding carboxylic acids is 6. The maximum Gasteiger partial charge on any atom is 0.340 e. The first kappa shape index (κ1) is 45.1. The van der Waals surface area contributed by atoms with Gasteiger partial charge in [-0.05, 0) is 38.1 Å². The molecule has 2 heterocycles. The van der Waals surface area contributed by atoms with E-state index in [2.05, 4.69) is 10.6 Å². The molecule has 5 rings (SSSR count). The summed E-state index contributed by atoms with van der Waals surface area (Å²) in [5.74, 6) is -6.76. The lowest BCUT2D eigenvalue weighted by atomic mass is 9.77. The number of esters is 1. The minimum absolute atomic E-state index is 0.0270. The molecule has 0 aromatic heterocycles. The van der Waals surface area contributed by atoms with Crippen LogP contribution in [0.5, 0.6) is 23.0 Å². The Morgan fingerprint density at radius 2 is 1.17 bits per heavy atom. The number of phenolic OH excluding ortho intramolecular Hbond substituents is 2. The molecule has 60 heavy (non-hydrogen) atoms. The van der Waals surface area contributed by atoms with Crippen LogP contribution in [0.4, 0.5) is 8.78 Å². The summed E-state index contributed by atoms with van der Waals surface area (Å²) in [5, 5.41) is 25.6. The van der Waals surface area contributed by atoms with E-state index in [1.54, 1.807) is 0 Å². The molecule has 1 spiro atoms. The lowest BCUT2D eigenvalue weighted by Crippen LogP contribution is -2.39. The topological polar surface area (TPSA) is 226 Å². The highest BCUT2D eigenvalue weighted by Gasteiger charge is 2.54. The minimum atomic E-state index is -2.02. The van der Waals surface area contributed by atoms with Crippen molar-refractivity contribution in [2.45, 2.75) is 32.3 Å². The summed E-state index contributed by atoms with van der Waals surface area (Å²) in [6.45, 7) is 3.87.